The monoisotopic (exact) mass is 293 g/mol. The van der Waals surface area contributed by atoms with Crippen molar-refractivity contribution in [2.45, 2.75) is 51.5 Å². The first-order valence-electron chi connectivity index (χ1n) is 7.97. The van der Waals surface area contributed by atoms with E-state index in [1.165, 1.54) is 12.8 Å². The lowest BCUT2D eigenvalue weighted by Gasteiger charge is -2.20. The third kappa shape index (κ3) is 3.61. The Bertz CT molecular complexity index is 484. The van der Waals surface area contributed by atoms with Crippen LogP contribution in [0.1, 0.15) is 56.8 Å². The van der Waals surface area contributed by atoms with E-state index in [-0.39, 0.29) is 11.9 Å². The van der Waals surface area contributed by atoms with Gasteiger partial charge in [-0.05, 0) is 31.6 Å². The highest BCUT2D eigenvalue weighted by atomic mass is 16.5. The number of aromatic nitrogens is 2. The minimum atomic E-state index is -0.0360. The Morgan fingerprint density at radius 3 is 3.05 bits per heavy atom. The highest BCUT2D eigenvalue weighted by Crippen LogP contribution is 2.31. The van der Waals surface area contributed by atoms with E-state index in [4.69, 9.17) is 9.26 Å². The van der Waals surface area contributed by atoms with Crippen LogP contribution in [0.25, 0.3) is 0 Å². The number of nitrogens with zero attached hydrogens (tertiary/aromatic N) is 3. The fraction of sp³-hybridized carbons (Fsp3) is 0.800. The zero-order chi connectivity index (χ0) is 14.7. The first-order valence-corrected chi connectivity index (χ1v) is 7.97. The molecule has 1 unspecified atom stereocenters. The number of amides is 1. The fourth-order valence-corrected chi connectivity index (χ4v) is 2.73. The van der Waals surface area contributed by atoms with Crippen molar-refractivity contribution in [3.05, 3.63) is 11.7 Å². The second-order valence-electron chi connectivity index (χ2n) is 5.92. The summed E-state index contributed by atoms with van der Waals surface area (Å²) < 4.78 is 10.9. The van der Waals surface area contributed by atoms with E-state index in [1.54, 1.807) is 0 Å². The van der Waals surface area contributed by atoms with Gasteiger partial charge in [-0.1, -0.05) is 12.1 Å². The topological polar surface area (TPSA) is 68.5 Å². The van der Waals surface area contributed by atoms with Gasteiger partial charge in [-0.25, -0.2) is 0 Å². The predicted molar refractivity (Wildman–Crippen MR) is 75.5 cm³/mol. The van der Waals surface area contributed by atoms with E-state index in [0.717, 1.165) is 31.9 Å². The van der Waals surface area contributed by atoms with Crippen molar-refractivity contribution in [2.24, 2.45) is 5.92 Å². The van der Waals surface area contributed by atoms with Gasteiger partial charge in [-0.3, -0.25) is 4.79 Å². The molecule has 21 heavy (non-hydrogen) atoms. The van der Waals surface area contributed by atoms with Crippen molar-refractivity contribution in [1.82, 2.24) is 15.0 Å². The van der Waals surface area contributed by atoms with Crippen molar-refractivity contribution in [3.8, 4) is 0 Å². The standard InChI is InChI=1S/C15H23N3O3/c1-2-14(19)18-8-3-4-12(18)15-16-13(17-21-15)7-9-20-10-11-5-6-11/h11-12H,2-10H2,1H3. The first-order chi connectivity index (χ1) is 10.3. The second-order valence-corrected chi connectivity index (χ2v) is 5.92. The van der Waals surface area contributed by atoms with Crippen LogP contribution in [0.2, 0.25) is 0 Å². The summed E-state index contributed by atoms with van der Waals surface area (Å²) in [4.78, 5) is 18.2. The Balaban J connectivity index is 1.52. The summed E-state index contributed by atoms with van der Waals surface area (Å²) in [5.74, 6) is 2.19. The van der Waals surface area contributed by atoms with Crippen LogP contribution in [-0.4, -0.2) is 40.7 Å². The predicted octanol–water partition coefficient (Wildman–Crippen LogP) is 2.11. The van der Waals surface area contributed by atoms with Crippen LogP contribution in [0.5, 0.6) is 0 Å². The number of ether oxygens (including phenoxy) is 1. The summed E-state index contributed by atoms with van der Waals surface area (Å²) in [6.07, 6.45) is 5.70. The zero-order valence-corrected chi connectivity index (χ0v) is 12.6. The molecule has 0 radical (unpaired) electrons. The molecule has 2 aliphatic rings. The maximum Gasteiger partial charge on any atom is 0.249 e. The maximum atomic E-state index is 11.9. The molecule has 1 aromatic heterocycles. The van der Waals surface area contributed by atoms with Crippen molar-refractivity contribution in [3.63, 3.8) is 0 Å². The molecule has 1 aliphatic carbocycles. The number of likely N-dealkylation sites (tertiary alicyclic amines) is 1. The Morgan fingerprint density at radius 2 is 2.29 bits per heavy atom. The van der Waals surface area contributed by atoms with E-state index < -0.39 is 0 Å². The van der Waals surface area contributed by atoms with Gasteiger partial charge in [0.15, 0.2) is 5.82 Å². The van der Waals surface area contributed by atoms with Gasteiger partial charge in [-0.2, -0.15) is 4.98 Å². The molecule has 6 nitrogen and oxygen atoms in total. The van der Waals surface area contributed by atoms with Gasteiger partial charge >= 0.3 is 0 Å². The Kier molecular flexibility index (Phi) is 4.53. The van der Waals surface area contributed by atoms with Crippen LogP contribution < -0.4 is 0 Å². The minimum Gasteiger partial charge on any atom is -0.381 e. The molecule has 3 rings (SSSR count). The van der Waals surface area contributed by atoms with Crippen LogP contribution in [0.4, 0.5) is 0 Å². The van der Waals surface area contributed by atoms with Crippen LogP contribution in [0, 0.1) is 5.92 Å². The van der Waals surface area contributed by atoms with E-state index in [9.17, 15) is 4.79 Å². The molecule has 0 aromatic carbocycles. The Morgan fingerprint density at radius 1 is 1.43 bits per heavy atom. The normalized spacial score (nSPS) is 22.0. The largest absolute Gasteiger partial charge is 0.381 e. The molecule has 1 aromatic rings. The van der Waals surface area contributed by atoms with Gasteiger partial charge in [0.05, 0.1) is 6.61 Å². The SMILES string of the molecule is CCC(=O)N1CCCC1c1nc(CCOCC2CC2)no1. The van der Waals surface area contributed by atoms with Gasteiger partial charge < -0.3 is 14.2 Å². The highest BCUT2D eigenvalue weighted by molar-refractivity contribution is 5.76. The third-order valence-electron chi connectivity index (χ3n) is 4.16. The number of carbonyl (C=O) groups is 1. The molecular weight excluding hydrogens is 270 g/mol. The summed E-state index contributed by atoms with van der Waals surface area (Å²) in [7, 11) is 0. The molecule has 1 amide bonds. The average Bonchev–Trinajstić information content (AvgIpc) is 3.01. The summed E-state index contributed by atoms with van der Waals surface area (Å²) in [6.45, 7) is 4.16. The summed E-state index contributed by atoms with van der Waals surface area (Å²) in [6, 6.07) is -0.0360. The summed E-state index contributed by atoms with van der Waals surface area (Å²) in [5.41, 5.74) is 0. The smallest absolute Gasteiger partial charge is 0.249 e. The van der Waals surface area contributed by atoms with Gasteiger partial charge in [-0.15, -0.1) is 0 Å². The van der Waals surface area contributed by atoms with Crippen molar-refractivity contribution in [1.29, 1.82) is 0 Å². The number of carbonyl (C=O) groups excluding carboxylic acids is 1. The summed E-state index contributed by atoms with van der Waals surface area (Å²) in [5, 5.41) is 4.01. The molecule has 2 fully saturated rings. The Labute approximate surface area is 124 Å². The highest BCUT2D eigenvalue weighted by Gasteiger charge is 2.33. The van der Waals surface area contributed by atoms with Crippen LogP contribution in [-0.2, 0) is 16.0 Å². The van der Waals surface area contributed by atoms with Gasteiger partial charge in [0.1, 0.15) is 6.04 Å². The summed E-state index contributed by atoms with van der Waals surface area (Å²) >= 11 is 0. The first kappa shape index (κ1) is 14.5. The van der Waals surface area contributed by atoms with E-state index in [2.05, 4.69) is 10.1 Å². The van der Waals surface area contributed by atoms with E-state index in [0.29, 0.717) is 31.2 Å². The van der Waals surface area contributed by atoms with Crippen molar-refractivity contribution >= 4 is 5.91 Å². The van der Waals surface area contributed by atoms with Crippen molar-refractivity contribution < 1.29 is 14.1 Å². The molecule has 0 spiro atoms. The zero-order valence-electron chi connectivity index (χ0n) is 12.6. The fourth-order valence-electron chi connectivity index (χ4n) is 2.73. The molecule has 2 heterocycles. The molecule has 116 valence electrons. The number of hydrogen-bond donors (Lipinski definition) is 0. The number of rotatable bonds is 7. The lowest BCUT2D eigenvalue weighted by molar-refractivity contribution is -0.132. The van der Waals surface area contributed by atoms with Crippen molar-refractivity contribution in [2.75, 3.05) is 19.8 Å². The second kappa shape index (κ2) is 6.56. The van der Waals surface area contributed by atoms with E-state index in [1.807, 2.05) is 11.8 Å². The molecule has 6 heteroatoms. The van der Waals surface area contributed by atoms with Crippen LogP contribution in [0.15, 0.2) is 4.52 Å². The average molecular weight is 293 g/mol. The molecule has 1 saturated heterocycles. The van der Waals surface area contributed by atoms with Gasteiger partial charge in [0.25, 0.3) is 0 Å². The number of hydrogen-bond acceptors (Lipinski definition) is 5. The van der Waals surface area contributed by atoms with Gasteiger partial charge in [0.2, 0.25) is 11.8 Å². The molecule has 0 N–H and O–H groups in total. The molecule has 1 atom stereocenters. The lowest BCUT2D eigenvalue weighted by atomic mass is 10.2. The molecular formula is C15H23N3O3. The Hall–Kier alpha value is -1.43. The minimum absolute atomic E-state index is 0.0360. The molecule has 1 aliphatic heterocycles. The molecule has 1 saturated carbocycles. The maximum absolute atomic E-state index is 11.9. The quantitative estimate of drug-likeness (QED) is 0.720. The lowest BCUT2D eigenvalue weighted by Crippen LogP contribution is -2.29. The van der Waals surface area contributed by atoms with Gasteiger partial charge in [0, 0.05) is 26.0 Å². The van der Waals surface area contributed by atoms with E-state index >= 15 is 0 Å². The molecule has 0 bridgehead atoms. The van der Waals surface area contributed by atoms with Crippen LogP contribution in [0.3, 0.4) is 0 Å². The third-order valence-corrected chi connectivity index (χ3v) is 4.16. The van der Waals surface area contributed by atoms with Crippen LogP contribution >= 0.6 is 0 Å².